The number of carbonyl (C=O) groups is 2. The van der Waals surface area contributed by atoms with Crippen LogP contribution in [0.15, 0.2) is 18.5 Å². The molecule has 0 radical (unpaired) electrons. The molecule has 2 aromatic rings. The second kappa shape index (κ2) is 6.68. The number of imidazole rings is 1. The van der Waals surface area contributed by atoms with E-state index < -0.39 is 0 Å². The van der Waals surface area contributed by atoms with E-state index in [9.17, 15) is 9.59 Å². The quantitative estimate of drug-likeness (QED) is 0.807. The molecule has 0 aromatic carbocycles. The van der Waals surface area contributed by atoms with Gasteiger partial charge in [0.05, 0.1) is 18.2 Å². The monoisotopic (exact) mass is 357 g/mol. The fourth-order valence-electron chi connectivity index (χ4n) is 4.09. The van der Waals surface area contributed by atoms with Crippen LogP contribution in [0.4, 0.5) is 0 Å². The number of hydrogen-bond donors (Lipinski definition) is 0. The summed E-state index contributed by atoms with van der Waals surface area (Å²) in [5.41, 5.74) is 1.19. The summed E-state index contributed by atoms with van der Waals surface area (Å²) in [7, 11) is 1.64. The van der Waals surface area contributed by atoms with Crippen LogP contribution in [0.5, 0.6) is 0 Å². The highest BCUT2D eigenvalue weighted by Crippen LogP contribution is 2.30. The average Bonchev–Trinajstić information content (AvgIpc) is 2.77. The van der Waals surface area contributed by atoms with Gasteiger partial charge in [0, 0.05) is 45.2 Å². The highest BCUT2D eigenvalue weighted by Gasteiger charge is 2.42. The Bertz CT molecular complexity index is 848. The van der Waals surface area contributed by atoms with Crippen LogP contribution in [0.25, 0.3) is 5.78 Å². The molecule has 2 atom stereocenters. The van der Waals surface area contributed by atoms with Gasteiger partial charge < -0.3 is 14.5 Å². The summed E-state index contributed by atoms with van der Waals surface area (Å²) in [5, 5.41) is 0. The van der Waals surface area contributed by atoms with E-state index >= 15 is 0 Å². The number of carbonyl (C=O) groups excluding carboxylic acids is 2. The van der Waals surface area contributed by atoms with Crippen LogP contribution >= 0.6 is 0 Å². The van der Waals surface area contributed by atoms with Crippen molar-refractivity contribution in [2.24, 2.45) is 5.92 Å². The summed E-state index contributed by atoms with van der Waals surface area (Å²) < 4.78 is 6.88. The van der Waals surface area contributed by atoms with Gasteiger partial charge in [0.1, 0.15) is 5.69 Å². The molecule has 0 spiro atoms. The SMILES string of the molecule is COCCN1C(=O)[C@H]2CC[C@@H]1CN(C(=O)c1c(C)nc3ncccn13)C2. The summed E-state index contributed by atoms with van der Waals surface area (Å²) in [6, 6.07) is 1.84. The van der Waals surface area contributed by atoms with Gasteiger partial charge in [0.15, 0.2) is 0 Å². The Hall–Kier alpha value is -2.48. The predicted octanol–water partition coefficient (Wildman–Crippen LogP) is 0.747. The summed E-state index contributed by atoms with van der Waals surface area (Å²) in [6.07, 6.45) is 5.23. The first-order valence-corrected chi connectivity index (χ1v) is 8.98. The van der Waals surface area contributed by atoms with Gasteiger partial charge in [-0.25, -0.2) is 9.97 Å². The third-order valence-corrected chi connectivity index (χ3v) is 5.40. The molecule has 5 heterocycles. The van der Waals surface area contributed by atoms with Gasteiger partial charge >= 0.3 is 0 Å². The zero-order chi connectivity index (χ0) is 18.3. The van der Waals surface area contributed by atoms with Gasteiger partial charge in [-0.3, -0.25) is 14.0 Å². The van der Waals surface area contributed by atoms with Crippen LogP contribution in [0.1, 0.15) is 29.0 Å². The summed E-state index contributed by atoms with van der Waals surface area (Å²) in [5.74, 6) is 0.447. The Morgan fingerprint density at radius 1 is 1.35 bits per heavy atom. The number of ether oxygens (including phenoxy) is 1. The molecule has 0 aliphatic carbocycles. The molecular formula is C18H23N5O3. The van der Waals surface area contributed by atoms with E-state index in [0.717, 1.165) is 12.8 Å². The minimum absolute atomic E-state index is 0.0537. The zero-order valence-electron chi connectivity index (χ0n) is 15.1. The maximum absolute atomic E-state index is 13.3. The predicted molar refractivity (Wildman–Crippen MR) is 93.7 cm³/mol. The fraction of sp³-hybridized carbons (Fsp3) is 0.556. The van der Waals surface area contributed by atoms with Gasteiger partial charge in [-0.2, -0.15) is 0 Å². The zero-order valence-corrected chi connectivity index (χ0v) is 15.1. The van der Waals surface area contributed by atoms with Gasteiger partial charge in [-0.05, 0) is 25.8 Å². The molecular weight excluding hydrogens is 334 g/mol. The highest BCUT2D eigenvalue weighted by molar-refractivity contribution is 5.95. The van der Waals surface area contributed by atoms with E-state index in [0.29, 0.717) is 43.4 Å². The van der Waals surface area contributed by atoms with Crippen LogP contribution in [0.2, 0.25) is 0 Å². The number of nitrogens with zero attached hydrogens (tertiary/aromatic N) is 5. The number of aryl methyl sites for hydroxylation is 1. The van der Waals surface area contributed by atoms with E-state index in [1.165, 1.54) is 0 Å². The van der Waals surface area contributed by atoms with Crippen molar-refractivity contribution >= 4 is 17.6 Å². The molecule has 2 amide bonds. The Kier molecular flexibility index (Phi) is 4.36. The molecule has 0 saturated carbocycles. The number of rotatable bonds is 4. The second-order valence-corrected chi connectivity index (χ2v) is 7.00. The van der Waals surface area contributed by atoms with Crippen molar-refractivity contribution in [3.63, 3.8) is 0 Å². The van der Waals surface area contributed by atoms with Crippen molar-refractivity contribution in [1.82, 2.24) is 24.2 Å². The van der Waals surface area contributed by atoms with Gasteiger partial charge in [-0.1, -0.05) is 0 Å². The van der Waals surface area contributed by atoms with Crippen LogP contribution in [-0.4, -0.2) is 75.4 Å². The molecule has 8 nitrogen and oxygen atoms in total. The third-order valence-electron chi connectivity index (χ3n) is 5.40. The lowest BCUT2D eigenvalue weighted by Crippen LogP contribution is -2.49. The average molecular weight is 357 g/mol. The first-order valence-electron chi connectivity index (χ1n) is 8.98. The van der Waals surface area contributed by atoms with E-state index in [2.05, 4.69) is 9.97 Å². The van der Waals surface area contributed by atoms with Gasteiger partial charge in [-0.15, -0.1) is 0 Å². The number of hydrogen-bond acceptors (Lipinski definition) is 5. The summed E-state index contributed by atoms with van der Waals surface area (Å²) in [6.45, 7) is 3.94. The molecule has 2 aromatic heterocycles. The van der Waals surface area contributed by atoms with Crippen LogP contribution in [0.3, 0.4) is 0 Å². The lowest BCUT2D eigenvalue weighted by molar-refractivity contribution is -0.140. The molecule has 138 valence electrons. The molecule has 5 rings (SSSR count). The fourth-order valence-corrected chi connectivity index (χ4v) is 4.09. The molecule has 3 aliphatic rings. The topological polar surface area (TPSA) is 80.0 Å². The minimum atomic E-state index is -0.132. The highest BCUT2D eigenvalue weighted by atomic mass is 16.5. The molecule has 0 N–H and O–H groups in total. The lowest BCUT2D eigenvalue weighted by atomic mass is 9.94. The minimum Gasteiger partial charge on any atom is -0.383 e. The van der Waals surface area contributed by atoms with Crippen molar-refractivity contribution in [1.29, 1.82) is 0 Å². The normalized spacial score (nSPS) is 22.9. The van der Waals surface area contributed by atoms with E-state index in [-0.39, 0.29) is 23.8 Å². The first kappa shape index (κ1) is 17.0. The van der Waals surface area contributed by atoms with Crippen molar-refractivity contribution in [3.05, 3.63) is 29.8 Å². The lowest BCUT2D eigenvalue weighted by Gasteiger charge is -2.35. The van der Waals surface area contributed by atoms with Crippen LogP contribution < -0.4 is 0 Å². The second-order valence-electron chi connectivity index (χ2n) is 7.00. The van der Waals surface area contributed by atoms with Crippen molar-refractivity contribution in [3.8, 4) is 0 Å². The van der Waals surface area contributed by atoms with Crippen LogP contribution in [0, 0.1) is 12.8 Å². The molecule has 0 unspecified atom stereocenters. The van der Waals surface area contributed by atoms with Gasteiger partial charge in [0.25, 0.3) is 5.91 Å². The molecule has 3 saturated heterocycles. The number of fused-ring (bicyclic) bond motifs is 5. The Labute approximate surface area is 151 Å². The van der Waals surface area contributed by atoms with Gasteiger partial charge in [0.2, 0.25) is 11.7 Å². The number of amides is 2. The van der Waals surface area contributed by atoms with Crippen molar-refractivity contribution in [2.75, 3.05) is 33.4 Å². The third kappa shape index (κ3) is 2.74. The summed E-state index contributed by atoms with van der Waals surface area (Å²) >= 11 is 0. The molecule has 26 heavy (non-hydrogen) atoms. The maximum Gasteiger partial charge on any atom is 0.272 e. The van der Waals surface area contributed by atoms with Crippen molar-refractivity contribution < 1.29 is 14.3 Å². The molecule has 3 aliphatic heterocycles. The van der Waals surface area contributed by atoms with Crippen LogP contribution in [-0.2, 0) is 9.53 Å². The number of aromatic nitrogens is 3. The standard InChI is InChI=1S/C18H23N5O3/c1-12-15(23-7-3-6-19-18(23)20-12)17(25)21-10-13-4-5-14(11-21)22(16(13)24)8-9-26-2/h3,6-7,13-14H,4-5,8-11H2,1-2H3/t13-,14+/m0/s1. The van der Waals surface area contributed by atoms with E-state index in [1.54, 1.807) is 30.0 Å². The molecule has 3 fully saturated rings. The Morgan fingerprint density at radius 3 is 3.00 bits per heavy atom. The Morgan fingerprint density at radius 2 is 2.19 bits per heavy atom. The largest absolute Gasteiger partial charge is 0.383 e. The maximum atomic E-state index is 13.3. The first-order chi connectivity index (χ1) is 12.6. The molecule has 2 bridgehead atoms. The molecule has 8 heteroatoms. The number of methoxy groups -OCH3 is 1. The number of piperidine rings is 1. The summed E-state index contributed by atoms with van der Waals surface area (Å²) in [4.78, 5) is 38.3. The van der Waals surface area contributed by atoms with Crippen molar-refractivity contribution in [2.45, 2.75) is 25.8 Å². The van der Waals surface area contributed by atoms with E-state index in [1.807, 2.05) is 16.7 Å². The smallest absolute Gasteiger partial charge is 0.272 e. The van der Waals surface area contributed by atoms with E-state index in [4.69, 9.17) is 4.74 Å². The Balaban J connectivity index is 1.63.